The van der Waals surface area contributed by atoms with Crippen molar-refractivity contribution >= 4 is 40.6 Å². The first-order valence-corrected chi connectivity index (χ1v) is 9.51. The van der Waals surface area contributed by atoms with Gasteiger partial charge in [-0.05, 0) is 18.9 Å². The molecule has 0 aliphatic heterocycles. The topological polar surface area (TPSA) is 135 Å². The van der Waals surface area contributed by atoms with Crippen molar-refractivity contribution in [2.45, 2.75) is 18.8 Å². The van der Waals surface area contributed by atoms with Gasteiger partial charge in [0.25, 0.3) is 11.8 Å². The fourth-order valence-corrected chi connectivity index (χ4v) is 2.92. The summed E-state index contributed by atoms with van der Waals surface area (Å²) in [5.41, 5.74) is 1.77. The number of nitrogens with one attached hydrogen (secondary N) is 3. The van der Waals surface area contributed by atoms with Crippen LogP contribution in [-0.2, 0) is 0 Å². The third-order valence-corrected chi connectivity index (χ3v) is 4.62. The highest BCUT2D eigenvalue weighted by Gasteiger charge is 2.28. The molecule has 1 fully saturated rings. The van der Waals surface area contributed by atoms with Crippen LogP contribution in [0, 0.1) is 0 Å². The maximum Gasteiger partial charge on any atom is 0.278 e. The zero-order valence-corrected chi connectivity index (χ0v) is 16.6. The van der Waals surface area contributed by atoms with Crippen LogP contribution in [0.5, 0.6) is 0 Å². The van der Waals surface area contributed by atoms with Crippen molar-refractivity contribution in [3.63, 3.8) is 0 Å². The van der Waals surface area contributed by atoms with Crippen LogP contribution < -0.4 is 16.0 Å². The molecule has 0 atom stereocenters. The molecule has 0 bridgehead atoms. The maximum atomic E-state index is 13.1. The van der Waals surface area contributed by atoms with Gasteiger partial charge in [-0.3, -0.25) is 9.59 Å². The molecule has 11 heteroatoms. The van der Waals surface area contributed by atoms with E-state index < -0.39 is 11.8 Å². The number of pyridine rings is 1. The number of rotatable bonds is 6. The molecular formula is C19H17ClN8O2. The molecule has 30 heavy (non-hydrogen) atoms. The molecule has 4 rings (SSSR count). The van der Waals surface area contributed by atoms with E-state index in [1.807, 2.05) is 0 Å². The third kappa shape index (κ3) is 4.33. The van der Waals surface area contributed by atoms with Crippen LogP contribution in [0.15, 0.2) is 37.2 Å². The number of hydrogen-bond acceptors (Lipinski definition) is 8. The number of carbonyl (C=O) groups is 2. The molecule has 10 nitrogen and oxygen atoms in total. The van der Waals surface area contributed by atoms with Crippen LogP contribution in [0.1, 0.15) is 45.3 Å². The Morgan fingerprint density at radius 1 is 1.07 bits per heavy atom. The second kappa shape index (κ2) is 8.37. The van der Waals surface area contributed by atoms with Gasteiger partial charge in [0.1, 0.15) is 11.5 Å². The number of nitrogens with zero attached hydrogens (tertiary/aromatic N) is 5. The van der Waals surface area contributed by atoms with Crippen LogP contribution in [0.4, 0.5) is 17.2 Å². The van der Waals surface area contributed by atoms with Gasteiger partial charge in [-0.1, -0.05) is 11.6 Å². The van der Waals surface area contributed by atoms with Crippen molar-refractivity contribution in [1.82, 2.24) is 30.2 Å². The number of hydrogen-bond donors (Lipinski definition) is 3. The molecule has 2 amide bonds. The van der Waals surface area contributed by atoms with Gasteiger partial charge in [0.2, 0.25) is 0 Å². The lowest BCUT2D eigenvalue weighted by Crippen LogP contribution is -2.23. The monoisotopic (exact) mass is 424 g/mol. The average Bonchev–Trinajstić information content (AvgIpc) is 3.61. The number of aromatic nitrogens is 5. The van der Waals surface area contributed by atoms with E-state index in [0.717, 1.165) is 18.5 Å². The minimum absolute atomic E-state index is 0.0843. The molecule has 0 spiro atoms. The summed E-state index contributed by atoms with van der Waals surface area (Å²) in [6.45, 7) is 0. The molecule has 152 valence electrons. The van der Waals surface area contributed by atoms with Crippen LogP contribution in [0.2, 0.25) is 5.15 Å². The summed E-state index contributed by atoms with van der Waals surface area (Å²) < 4.78 is 0. The van der Waals surface area contributed by atoms with Crippen molar-refractivity contribution in [2.24, 2.45) is 0 Å². The molecule has 3 aromatic heterocycles. The minimum atomic E-state index is -0.543. The van der Waals surface area contributed by atoms with Gasteiger partial charge in [0.15, 0.2) is 11.5 Å². The molecule has 0 aromatic carbocycles. The lowest BCUT2D eigenvalue weighted by molar-refractivity contribution is 0.0964. The predicted molar refractivity (Wildman–Crippen MR) is 110 cm³/mol. The summed E-state index contributed by atoms with van der Waals surface area (Å²) >= 11 is 5.90. The Morgan fingerprint density at radius 3 is 2.53 bits per heavy atom. The third-order valence-electron chi connectivity index (χ3n) is 4.42. The molecule has 1 aliphatic carbocycles. The quantitative estimate of drug-likeness (QED) is 0.514. The Bertz CT molecular complexity index is 1100. The highest BCUT2D eigenvalue weighted by molar-refractivity contribution is 6.30. The summed E-state index contributed by atoms with van der Waals surface area (Å²) in [5, 5.41) is 8.34. The summed E-state index contributed by atoms with van der Waals surface area (Å²) in [4.78, 5) is 46.0. The van der Waals surface area contributed by atoms with E-state index in [4.69, 9.17) is 11.6 Å². The van der Waals surface area contributed by atoms with E-state index in [1.165, 1.54) is 25.6 Å². The van der Waals surface area contributed by atoms with E-state index >= 15 is 0 Å². The predicted octanol–water partition coefficient (Wildman–Crippen LogP) is 2.55. The first-order chi connectivity index (χ1) is 14.5. The van der Waals surface area contributed by atoms with Crippen molar-refractivity contribution in [3.05, 3.63) is 59.3 Å². The smallest absolute Gasteiger partial charge is 0.278 e. The number of anilines is 3. The lowest BCUT2D eigenvalue weighted by Gasteiger charge is -2.13. The first-order valence-electron chi connectivity index (χ1n) is 9.13. The van der Waals surface area contributed by atoms with Gasteiger partial charge in [-0.25, -0.2) is 24.9 Å². The largest absolute Gasteiger partial charge is 0.355 e. The molecule has 1 saturated carbocycles. The molecule has 3 aromatic rings. The Hall–Kier alpha value is -3.66. The van der Waals surface area contributed by atoms with E-state index in [-0.39, 0.29) is 27.9 Å². The van der Waals surface area contributed by atoms with Gasteiger partial charge in [-0.2, -0.15) is 0 Å². The van der Waals surface area contributed by atoms with Gasteiger partial charge in [0, 0.05) is 13.0 Å². The highest BCUT2D eigenvalue weighted by atomic mass is 35.5. The second-order valence-electron chi connectivity index (χ2n) is 6.60. The molecule has 0 unspecified atom stereocenters. The van der Waals surface area contributed by atoms with E-state index in [2.05, 4.69) is 40.9 Å². The van der Waals surface area contributed by atoms with Gasteiger partial charge in [-0.15, -0.1) is 0 Å². The van der Waals surface area contributed by atoms with Gasteiger partial charge < -0.3 is 16.0 Å². The zero-order chi connectivity index (χ0) is 21.1. The summed E-state index contributed by atoms with van der Waals surface area (Å²) in [5.74, 6) is -0.405. The van der Waals surface area contributed by atoms with Crippen molar-refractivity contribution < 1.29 is 9.59 Å². The fraction of sp³-hybridized carbons (Fsp3) is 0.211. The SMILES string of the molecule is CNC(=O)c1cc(Cl)ncc1NC(=O)c1nc(C2CC2)cnc1Nc1cncnc1. The van der Waals surface area contributed by atoms with Gasteiger partial charge in [0.05, 0.1) is 47.4 Å². The first kappa shape index (κ1) is 19.6. The van der Waals surface area contributed by atoms with E-state index in [1.54, 1.807) is 18.6 Å². The molecule has 3 heterocycles. The van der Waals surface area contributed by atoms with Crippen molar-refractivity contribution in [3.8, 4) is 0 Å². The van der Waals surface area contributed by atoms with Gasteiger partial charge >= 0.3 is 0 Å². The summed E-state index contributed by atoms with van der Waals surface area (Å²) in [6.07, 6.45) is 9.50. The Labute approximate surface area is 176 Å². The molecule has 1 aliphatic rings. The van der Waals surface area contributed by atoms with Crippen LogP contribution in [0.25, 0.3) is 0 Å². The van der Waals surface area contributed by atoms with Crippen LogP contribution >= 0.6 is 11.6 Å². The Morgan fingerprint density at radius 2 is 1.83 bits per heavy atom. The molecular weight excluding hydrogens is 408 g/mol. The number of amides is 2. The normalized spacial score (nSPS) is 12.9. The lowest BCUT2D eigenvalue weighted by atomic mass is 10.2. The molecule has 0 saturated heterocycles. The van der Waals surface area contributed by atoms with E-state index in [0.29, 0.717) is 11.6 Å². The summed E-state index contributed by atoms with van der Waals surface area (Å²) in [6, 6.07) is 1.38. The zero-order valence-electron chi connectivity index (χ0n) is 15.9. The second-order valence-corrected chi connectivity index (χ2v) is 6.99. The van der Waals surface area contributed by atoms with Crippen molar-refractivity contribution in [1.29, 1.82) is 0 Å². The fourth-order valence-electron chi connectivity index (χ4n) is 2.76. The summed E-state index contributed by atoms with van der Waals surface area (Å²) in [7, 11) is 1.48. The Kier molecular flexibility index (Phi) is 5.48. The number of halogens is 1. The average molecular weight is 425 g/mol. The Balaban J connectivity index is 1.67. The molecule has 0 radical (unpaired) electrons. The van der Waals surface area contributed by atoms with E-state index in [9.17, 15) is 9.59 Å². The van der Waals surface area contributed by atoms with Crippen LogP contribution in [0.3, 0.4) is 0 Å². The van der Waals surface area contributed by atoms with Crippen LogP contribution in [-0.4, -0.2) is 43.8 Å². The standard InChI is InChI=1S/C19H17ClN8O2/c1-21-18(29)12-4-15(20)24-8-14(12)28-19(30)16-17(26-11-5-22-9-23-6-11)25-7-13(27-16)10-2-3-10/h4-10H,2-3H2,1H3,(H,21,29)(H,25,26)(H,28,30). The minimum Gasteiger partial charge on any atom is -0.355 e. The van der Waals surface area contributed by atoms with Crippen molar-refractivity contribution in [2.75, 3.05) is 17.7 Å². The maximum absolute atomic E-state index is 13.1. The number of carbonyl (C=O) groups excluding carboxylic acids is 2. The molecule has 3 N–H and O–H groups in total. The highest BCUT2D eigenvalue weighted by Crippen LogP contribution is 2.39.